The maximum Gasteiger partial charge on any atom is 0.220 e. The molecular formula is C17H24N4O3S. The van der Waals surface area contributed by atoms with E-state index in [4.69, 9.17) is 4.52 Å². The number of benzene rings is 1. The SMILES string of the molecule is CCN1CCN(C2CN(S(=O)(=O)Cc3noc4ccccc34)C2)CC1. The van der Waals surface area contributed by atoms with E-state index in [9.17, 15) is 8.42 Å². The first-order valence-electron chi connectivity index (χ1n) is 8.84. The highest BCUT2D eigenvalue weighted by Gasteiger charge is 2.40. The minimum Gasteiger partial charge on any atom is -0.356 e. The molecule has 2 saturated heterocycles. The molecule has 0 spiro atoms. The standard InChI is InChI=1S/C17H24N4O3S/c1-2-19-7-9-20(10-8-19)14-11-21(12-14)25(22,23)13-16-15-5-3-4-6-17(15)24-18-16/h3-6,14H,2,7-13H2,1H3. The Kier molecular flexibility index (Phi) is 4.53. The molecule has 25 heavy (non-hydrogen) atoms. The fourth-order valence-corrected chi connectivity index (χ4v) is 5.16. The number of sulfonamides is 1. The van der Waals surface area contributed by atoms with E-state index < -0.39 is 10.0 Å². The van der Waals surface area contributed by atoms with Gasteiger partial charge in [0.25, 0.3) is 0 Å². The lowest BCUT2D eigenvalue weighted by atomic mass is 10.1. The predicted octanol–water partition coefficient (Wildman–Crippen LogP) is 0.979. The summed E-state index contributed by atoms with van der Waals surface area (Å²) in [5.74, 6) is -0.0969. The number of para-hydroxylation sites is 1. The Labute approximate surface area is 148 Å². The van der Waals surface area contributed by atoms with Gasteiger partial charge in [-0.05, 0) is 18.7 Å². The van der Waals surface area contributed by atoms with Crippen molar-refractivity contribution in [2.75, 3.05) is 45.8 Å². The lowest BCUT2D eigenvalue weighted by molar-refractivity contribution is 0.0425. The highest BCUT2D eigenvalue weighted by molar-refractivity contribution is 7.88. The molecule has 2 fully saturated rings. The summed E-state index contributed by atoms with van der Waals surface area (Å²) in [4.78, 5) is 4.85. The molecule has 0 unspecified atom stereocenters. The molecule has 0 N–H and O–H groups in total. The van der Waals surface area contributed by atoms with Crippen molar-refractivity contribution in [2.45, 2.75) is 18.7 Å². The molecule has 0 saturated carbocycles. The maximum absolute atomic E-state index is 12.7. The number of likely N-dealkylation sites (N-methyl/N-ethyl adjacent to an activating group) is 1. The summed E-state index contributed by atoms with van der Waals surface area (Å²) in [7, 11) is -3.35. The van der Waals surface area contributed by atoms with E-state index >= 15 is 0 Å². The third-order valence-corrected chi connectivity index (χ3v) is 7.09. The normalized spacial score (nSPS) is 21.6. The zero-order valence-electron chi connectivity index (χ0n) is 14.5. The van der Waals surface area contributed by atoms with Crippen LogP contribution in [0, 0.1) is 0 Å². The summed E-state index contributed by atoms with van der Waals surface area (Å²) in [5.41, 5.74) is 1.12. The molecule has 2 aliphatic heterocycles. The van der Waals surface area contributed by atoms with Gasteiger partial charge in [-0.15, -0.1) is 0 Å². The average molecular weight is 364 g/mol. The second-order valence-corrected chi connectivity index (χ2v) is 8.79. The van der Waals surface area contributed by atoms with Gasteiger partial charge in [0.15, 0.2) is 5.58 Å². The van der Waals surface area contributed by atoms with Crippen molar-refractivity contribution in [3.05, 3.63) is 30.0 Å². The number of piperazine rings is 1. The molecule has 0 bridgehead atoms. The van der Waals surface area contributed by atoms with Crippen LogP contribution in [0.25, 0.3) is 11.0 Å². The van der Waals surface area contributed by atoms with Crippen molar-refractivity contribution in [3.63, 3.8) is 0 Å². The Balaban J connectivity index is 1.37. The lowest BCUT2D eigenvalue weighted by Crippen LogP contribution is -2.64. The molecule has 0 atom stereocenters. The van der Waals surface area contributed by atoms with Crippen LogP contribution >= 0.6 is 0 Å². The van der Waals surface area contributed by atoms with E-state index in [1.807, 2.05) is 18.2 Å². The zero-order chi connectivity index (χ0) is 17.4. The van der Waals surface area contributed by atoms with Crippen molar-refractivity contribution >= 4 is 21.0 Å². The van der Waals surface area contributed by atoms with Gasteiger partial charge in [-0.3, -0.25) is 4.90 Å². The minimum absolute atomic E-state index is 0.0969. The maximum atomic E-state index is 12.7. The van der Waals surface area contributed by atoms with Crippen molar-refractivity contribution in [1.82, 2.24) is 19.3 Å². The van der Waals surface area contributed by atoms with Gasteiger partial charge in [0.05, 0.1) is 0 Å². The zero-order valence-corrected chi connectivity index (χ0v) is 15.3. The third-order valence-electron chi connectivity index (χ3n) is 5.36. The highest BCUT2D eigenvalue weighted by Crippen LogP contribution is 2.25. The summed E-state index contributed by atoms with van der Waals surface area (Å²) in [6.07, 6.45) is 0. The Bertz CT molecular complexity index is 836. The first kappa shape index (κ1) is 17.0. The van der Waals surface area contributed by atoms with Gasteiger partial charge in [0, 0.05) is 50.7 Å². The molecule has 2 aromatic rings. The first-order valence-corrected chi connectivity index (χ1v) is 10.5. The topological polar surface area (TPSA) is 69.9 Å². The number of aromatic nitrogens is 1. The molecule has 136 valence electrons. The van der Waals surface area contributed by atoms with Crippen LogP contribution in [0.15, 0.2) is 28.8 Å². The second kappa shape index (κ2) is 6.68. The number of rotatable bonds is 5. The molecule has 1 aromatic carbocycles. The first-order chi connectivity index (χ1) is 12.1. The summed E-state index contributed by atoms with van der Waals surface area (Å²) >= 11 is 0. The van der Waals surface area contributed by atoms with E-state index in [1.165, 1.54) is 0 Å². The van der Waals surface area contributed by atoms with Gasteiger partial charge in [-0.2, -0.15) is 4.31 Å². The van der Waals surface area contributed by atoms with Gasteiger partial charge >= 0.3 is 0 Å². The Morgan fingerprint density at radius 2 is 1.88 bits per heavy atom. The fraction of sp³-hybridized carbons (Fsp3) is 0.588. The van der Waals surface area contributed by atoms with Crippen LogP contribution in [0.4, 0.5) is 0 Å². The fourth-order valence-electron chi connectivity index (χ4n) is 3.63. The predicted molar refractivity (Wildman–Crippen MR) is 95.7 cm³/mol. The van der Waals surface area contributed by atoms with Gasteiger partial charge < -0.3 is 9.42 Å². The molecule has 0 radical (unpaired) electrons. The summed E-state index contributed by atoms with van der Waals surface area (Å²) in [5, 5.41) is 4.73. The van der Waals surface area contributed by atoms with Crippen LogP contribution in [0.3, 0.4) is 0 Å². The van der Waals surface area contributed by atoms with E-state index in [-0.39, 0.29) is 5.75 Å². The number of hydrogen-bond donors (Lipinski definition) is 0. The highest BCUT2D eigenvalue weighted by atomic mass is 32.2. The number of hydrogen-bond acceptors (Lipinski definition) is 6. The van der Waals surface area contributed by atoms with Crippen LogP contribution in [-0.4, -0.2) is 79.5 Å². The molecule has 1 aromatic heterocycles. The monoisotopic (exact) mass is 364 g/mol. The number of nitrogens with zero attached hydrogens (tertiary/aromatic N) is 4. The van der Waals surface area contributed by atoms with Crippen LogP contribution in [-0.2, 0) is 15.8 Å². The van der Waals surface area contributed by atoms with Crippen LogP contribution in [0.5, 0.6) is 0 Å². The quantitative estimate of drug-likeness (QED) is 0.788. The van der Waals surface area contributed by atoms with Gasteiger partial charge in [-0.1, -0.05) is 24.2 Å². The van der Waals surface area contributed by atoms with Crippen molar-refractivity contribution < 1.29 is 12.9 Å². The summed E-state index contributed by atoms with van der Waals surface area (Å²) in [6, 6.07) is 7.72. The van der Waals surface area contributed by atoms with Crippen LogP contribution in [0.2, 0.25) is 0 Å². The smallest absolute Gasteiger partial charge is 0.220 e. The van der Waals surface area contributed by atoms with E-state index in [2.05, 4.69) is 21.9 Å². The molecule has 7 nitrogen and oxygen atoms in total. The summed E-state index contributed by atoms with van der Waals surface area (Å²) in [6.45, 7) is 8.65. The largest absolute Gasteiger partial charge is 0.356 e. The molecule has 0 amide bonds. The molecule has 4 rings (SSSR count). The van der Waals surface area contributed by atoms with Crippen molar-refractivity contribution in [1.29, 1.82) is 0 Å². The van der Waals surface area contributed by atoms with Crippen LogP contribution in [0.1, 0.15) is 12.6 Å². The average Bonchev–Trinajstić information content (AvgIpc) is 2.96. The second-order valence-electron chi connectivity index (χ2n) is 6.82. The minimum atomic E-state index is -3.35. The molecule has 8 heteroatoms. The van der Waals surface area contributed by atoms with E-state index in [0.717, 1.165) is 38.1 Å². The van der Waals surface area contributed by atoms with Gasteiger partial charge in [0.2, 0.25) is 10.0 Å². The molecule has 3 heterocycles. The molecular weight excluding hydrogens is 340 g/mol. The van der Waals surface area contributed by atoms with E-state index in [1.54, 1.807) is 10.4 Å². The number of fused-ring (bicyclic) bond motifs is 1. The van der Waals surface area contributed by atoms with Crippen LogP contribution < -0.4 is 0 Å². The summed E-state index contributed by atoms with van der Waals surface area (Å²) < 4.78 is 32.1. The van der Waals surface area contributed by atoms with Crippen molar-refractivity contribution in [3.8, 4) is 0 Å². The van der Waals surface area contributed by atoms with Crippen molar-refractivity contribution in [2.24, 2.45) is 0 Å². The lowest BCUT2D eigenvalue weighted by Gasteiger charge is -2.47. The molecule has 2 aliphatic rings. The Morgan fingerprint density at radius 3 is 2.60 bits per heavy atom. The van der Waals surface area contributed by atoms with Gasteiger partial charge in [-0.25, -0.2) is 8.42 Å². The Hall–Kier alpha value is -1.48. The van der Waals surface area contributed by atoms with Gasteiger partial charge in [0.1, 0.15) is 11.4 Å². The molecule has 0 aliphatic carbocycles. The van der Waals surface area contributed by atoms with E-state index in [0.29, 0.717) is 30.4 Å². The third kappa shape index (κ3) is 3.31. The Morgan fingerprint density at radius 1 is 1.16 bits per heavy atom.